The van der Waals surface area contributed by atoms with Crippen LogP contribution in [-0.4, -0.2) is 16.4 Å². The summed E-state index contributed by atoms with van der Waals surface area (Å²) in [7, 11) is 0. The molecule has 0 aliphatic carbocycles. The second kappa shape index (κ2) is 2.52. The van der Waals surface area contributed by atoms with E-state index < -0.39 is 0 Å². The van der Waals surface area contributed by atoms with E-state index in [2.05, 4.69) is 19.6 Å². The van der Waals surface area contributed by atoms with Gasteiger partial charge in [0.05, 0.1) is 0 Å². The maximum atomic E-state index is 5.16. The van der Waals surface area contributed by atoms with E-state index in [0.717, 1.165) is 0 Å². The third-order valence-corrected chi connectivity index (χ3v) is 0.652. The Morgan fingerprint density at radius 1 is 1.88 bits per heavy atom. The summed E-state index contributed by atoms with van der Waals surface area (Å²) >= 11 is 5.16. The van der Waals surface area contributed by atoms with E-state index in [1.807, 2.05) is 0 Å². The Hall–Kier alpha value is -0.770. The minimum Gasteiger partial charge on any atom is -0.458 e. The number of halogens is 1. The van der Waals surface area contributed by atoms with E-state index >= 15 is 0 Å². The first-order valence-electron chi connectivity index (χ1n) is 1.89. The highest BCUT2D eigenvalue weighted by Gasteiger charge is 1.92. The first-order chi connectivity index (χ1) is 3.93. The Bertz CT molecular complexity index is 141. The monoisotopic (exact) mass is 134 g/mol. The Morgan fingerprint density at radius 3 is 3.25 bits per heavy atom. The van der Waals surface area contributed by atoms with Crippen LogP contribution in [0.3, 0.4) is 0 Å². The fraction of sp³-hybridized carbons (Fsp3) is 0.333. The molecule has 1 aromatic rings. The molecule has 0 radical (unpaired) electrons. The van der Waals surface area contributed by atoms with Crippen LogP contribution in [-0.2, 0) is 0 Å². The van der Waals surface area contributed by atoms with Gasteiger partial charge in [-0.05, 0) is 0 Å². The van der Waals surface area contributed by atoms with Crippen LogP contribution in [0.4, 0.5) is 0 Å². The Kier molecular flexibility index (Phi) is 1.69. The zero-order valence-corrected chi connectivity index (χ0v) is 4.63. The molecule has 1 heterocycles. The number of aromatic nitrogens is 2. The lowest BCUT2D eigenvalue weighted by Crippen LogP contribution is -1.87. The van der Waals surface area contributed by atoms with Crippen molar-refractivity contribution in [1.82, 2.24) is 10.4 Å². The van der Waals surface area contributed by atoms with Crippen LogP contribution >= 0.6 is 11.6 Å². The van der Waals surface area contributed by atoms with Gasteiger partial charge in [0.15, 0.2) is 12.3 Å². The highest BCUT2D eigenvalue weighted by molar-refractivity contribution is 6.17. The molecule has 0 saturated carbocycles. The van der Waals surface area contributed by atoms with Crippen LogP contribution in [0.5, 0.6) is 5.88 Å². The lowest BCUT2D eigenvalue weighted by molar-refractivity contribution is 0.370. The number of nitrogens with zero attached hydrogens (tertiary/aromatic N) is 2. The fourth-order valence-electron chi connectivity index (χ4n) is 0.275. The summed E-state index contributed by atoms with van der Waals surface area (Å²) in [4.78, 5) is 0. The summed E-state index contributed by atoms with van der Waals surface area (Å²) in [5.41, 5.74) is 0. The van der Waals surface area contributed by atoms with E-state index in [-0.39, 0.29) is 6.07 Å². The normalized spacial score (nSPS) is 9.12. The van der Waals surface area contributed by atoms with Gasteiger partial charge in [0.2, 0.25) is 0 Å². The third-order valence-electron chi connectivity index (χ3n) is 0.542. The lowest BCUT2D eigenvalue weighted by Gasteiger charge is -1.87. The molecular formula is C3H3ClN2O2. The summed E-state index contributed by atoms with van der Waals surface area (Å²) < 4.78 is 8.97. The van der Waals surface area contributed by atoms with Gasteiger partial charge in [-0.2, -0.15) is 0 Å². The van der Waals surface area contributed by atoms with Crippen LogP contribution in [0.2, 0.25) is 0 Å². The van der Waals surface area contributed by atoms with Crippen molar-refractivity contribution in [1.29, 1.82) is 0 Å². The molecule has 0 spiro atoms. The Balaban J connectivity index is 2.50. The molecule has 8 heavy (non-hydrogen) atoms. The molecule has 0 aliphatic rings. The maximum Gasteiger partial charge on any atom is 0.276 e. The zero-order valence-electron chi connectivity index (χ0n) is 3.87. The summed E-state index contributed by atoms with van der Waals surface area (Å²) in [6, 6.07) is 0.0637. The molecular weight excluding hydrogens is 131 g/mol. The Labute approximate surface area is 50.4 Å². The average molecular weight is 135 g/mol. The molecule has 0 aromatic carbocycles. The maximum absolute atomic E-state index is 5.16. The van der Waals surface area contributed by atoms with Crippen molar-refractivity contribution in [3.63, 3.8) is 0 Å². The van der Waals surface area contributed by atoms with E-state index in [1.54, 1.807) is 0 Å². The van der Waals surface area contributed by atoms with Gasteiger partial charge in [-0.25, -0.2) is 0 Å². The van der Waals surface area contributed by atoms with E-state index in [0.29, 0.717) is 5.88 Å². The van der Waals surface area contributed by atoms with Crippen molar-refractivity contribution in [2.24, 2.45) is 0 Å². The van der Waals surface area contributed by atoms with Gasteiger partial charge in [0.25, 0.3) is 5.88 Å². The fourth-order valence-corrected chi connectivity index (χ4v) is 0.387. The van der Waals surface area contributed by atoms with Crippen molar-refractivity contribution in [2.75, 3.05) is 6.07 Å². The van der Waals surface area contributed by atoms with E-state index in [4.69, 9.17) is 11.6 Å². The molecule has 0 N–H and O–H groups in total. The van der Waals surface area contributed by atoms with Gasteiger partial charge in [-0.1, -0.05) is 16.7 Å². The van der Waals surface area contributed by atoms with Crippen molar-refractivity contribution in [3.05, 3.63) is 6.26 Å². The van der Waals surface area contributed by atoms with Crippen LogP contribution in [0, 0.1) is 0 Å². The van der Waals surface area contributed by atoms with E-state index in [9.17, 15) is 0 Å². The van der Waals surface area contributed by atoms with Crippen molar-refractivity contribution < 1.29 is 9.26 Å². The quantitative estimate of drug-likeness (QED) is 0.557. The minimum absolute atomic E-state index is 0.0637. The van der Waals surface area contributed by atoms with Gasteiger partial charge in [0, 0.05) is 5.27 Å². The van der Waals surface area contributed by atoms with Gasteiger partial charge in [0.1, 0.15) is 0 Å². The highest BCUT2D eigenvalue weighted by Crippen LogP contribution is 2.01. The van der Waals surface area contributed by atoms with E-state index in [1.165, 1.54) is 6.26 Å². The highest BCUT2D eigenvalue weighted by atomic mass is 35.5. The Morgan fingerprint density at radius 2 is 2.75 bits per heavy atom. The standard InChI is InChI=1S/C3H3ClN2O2/c4-2-7-3-1-8-6-5-3/h1H,2H2. The average Bonchev–Trinajstić information content (AvgIpc) is 2.19. The number of ether oxygens (including phenoxy) is 1. The molecule has 44 valence electrons. The van der Waals surface area contributed by atoms with Crippen LogP contribution in [0.25, 0.3) is 0 Å². The molecule has 1 aromatic heterocycles. The smallest absolute Gasteiger partial charge is 0.276 e. The molecule has 0 amide bonds. The van der Waals surface area contributed by atoms with Crippen molar-refractivity contribution >= 4 is 11.6 Å². The molecule has 0 bridgehead atoms. The van der Waals surface area contributed by atoms with Gasteiger partial charge < -0.3 is 9.26 Å². The van der Waals surface area contributed by atoms with Gasteiger partial charge >= 0.3 is 0 Å². The lowest BCUT2D eigenvalue weighted by atomic mass is 10.9. The first kappa shape index (κ1) is 5.37. The molecule has 0 aliphatic heterocycles. The van der Waals surface area contributed by atoms with Gasteiger partial charge in [-0.3, -0.25) is 0 Å². The summed E-state index contributed by atoms with van der Waals surface area (Å²) in [5.74, 6) is 0.306. The molecule has 0 saturated heterocycles. The van der Waals surface area contributed by atoms with Gasteiger partial charge in [-0.15, -0.1) is 0 Å². The van der Waals surface area contributed by atoms with Crippen LogP contribution < -0.4 is 4.74 Å². The van der Waals surface area contributed by atoms with Crippen molar-refractivity contribution in [3.8, 4) is 5.88 Å². The number of alkyl halides is 1. The number of hydrogen-bond donors (Lipinski definition) is 0. The zero-order chi connectivity index (χ0) is 5.82. The molecule has 5 heteroatoms. The SMILES string of the molecule is ClCOc1conn1. The molecule has 4 nitrogen and oxygen atoms in total. The van der Waals surface area contributed by atoms with Crippen LogP contribution in [0.1, 0.15) is 0 Å². The summed E-state index contributed by atoms with van der Waals surface area (Å²) in [6.45, 7) is 0. The third kappa shape index (κ3) is 1.10. The first-order valence-corrected chi connectivity index (χ1v) is 2.43. The van der Waals surface area contributed by atoms with Crippen LogP contribution in [0.15, 0.2) is 10.8 Å². The topological polar surface area (TPSA) is 48.2 Å². The summed E-state index contributed by atoms with van der Waals surface area (Å²) in [5, 5.41) is 6.51. The largest absolute Gasteiger partial charge is 0.458 e. The molecule has 0 atom stereocenters. The number of hydrogen-bond acceptors (Lipinski definition) is 4. The predicted octanol–water partition coefficient (Wildman–Crippen LogP) is 0.645. The minimum atomic E-state index is 0.0637. The van der Waals surface area contributed by atoms with Crippen molar-refractivity contribution in [2.45, 2.75) is 0 Å². The molecule has 1 rings (SSSR count). The molecule has 0 unspecified atom stereocenters. The second-order valence-corrected chi connectivity index (χ2v) is 1.21. The number of rotatable bonds is 2. The molecule has 0 fully saturated rings. The predicted molar refractivity (Wildman–Crippen MR) is 25.6 cm³/mol. The second-order valence-electron chi connectivity index (χ2n) is 0.997. The summed E-state index contributed by atoms with van der Waals surface area (Å²) in [6.07, 6.45) is 1.27.